The molecule has 0 unspecified atom stereocenters. The Kier molecular flexibility index (Phi) is 5.25. The summed E-state index contributed by atoms with van der Waals surface area (Å²) in [4.78, 5) is 12.0. The summed E-state index contributed by atoms with van der Waals surface area (Å²) in [6.45, 7) is 0.474. The molecule has 5 heteroatoms. The van der Waals surface area contributed by atoms with Gasteiger partial charge in [0.15, 0.2) is 0 Å². The van der Waals surface area contributed by atoms with Crippen molar-refractivity contribution in [1.29, 1.82) is 0 Å². The van der Waals surface area contributed by atoms with Gasteiger partial charge in [-0.25, -0.2) is 0 Å². The number of hydrogen-bond donors (Lipinski definition) is 1. The van der Waals surface area contributed by atoms with Crippen LogP contribution >= 0.6 is 34.2 Å². The third-order valence-electron chi connectivity index (χ3n) is 2.79. The molecule has 1 N–H and O–H groups in total. The SMILES string of the molecule is COc1ccc(CNC(=O)c2ccc(Cl)c(I)c2)cc1. The molecular formula is C15H13ClINO2. The van der Waals surface area contributed by atoms with Crippen molar-refractivity contribution < 1.29 is 9.53 Å². The third kappa shape index (κ3) is 3.86. The molecule has 0 atom stereocenters. The normalized spacial score (nSPS) is 10.2. The molecule has 104 valence electrons. The Labute approximate surface area is 136 Å². The molecule has 2 rings (SSSR count). The third-order valence-corrected chi connectivity index (χ3v) is 4.33. The Morgan fingerprint density at radius 3 is 2.55 bits per heavy atom. The number of nitrogens with one attached hydrogen (secondary N) is 1. The van der Waals surface area contributed by atoms with Gasteiger partial charge in [0.2, 0.25) is 0 Å². The number of ether oxygens (including phenoxy) is 1. The maximum Gasteiger partial charge on any atom is 0.251 e. The van der Waals surface area contributed by atoms with Crippen LogP contribution in [0.1, 0.15) is 15.9 Å². The van der Waals surface area contributed by atoms with Crippen LogP contribution in [-0.2, 0) is 6.54 Å². The van der Waals surface area contributed by atoms with Crippen LogP contribution in [0.2, 0.25) is 5.02 Å². The number of rotatable bonds is 4. The molecule has 0 heterocycles. The van der Waals surface area contributed by atoms with Crippen LogP contribution in [-0.4, -0.2) is 13.0 Å². The van der Waals surface area contributed by atoms with Crippen LogP contribution < -0.4 is 10.1 Å². The predicted molar refractivity (Wildman–Crippen MR) is 88.3 cm³/mol. The fourth-order valence-electron chi connectivity index (χ4n) is 1.67. The minimum absolute atomic E-state index is 0.115. The fourth-order valence-corrected chi connectivity index (χ4v) is 2.30. The molecule has 3 nitrogen and oxygen atoms in total. The van der Waals surface area contributed by atoms with E-state index < -0.39 is 0 Å². The molecule has 0 saturated carbocycles. The summed E-state index contributed by atoms with van der Waals surface area (Å²) in [7, 11) is 1.62. The van der Waals surface area contributed by atoms with E-state index in [9.17, 15) is 4.79 Å². The first kappa shape index (κ1) is 15.1. The molecule has 0 aliphatic heterocycles. The van der Waals surface area contributed by atoms with Crippen molar-refractivity contribution in [3.8, 4) is 5.75 Å². The molecule has 0 aromatic heterocycles. The van der Waals surface area contributed by atoms with Crippen LogP contribution in [0, 0.1) is 3.57 Å². The molecule has 2 aromatic carbocycles. The quantitative estimate of drug-likeness (QED) is 0.790. The van der Waals surface area contributed by atoms with Crippen molar-refractivity contribution >= 4 is 40.1 Å². The van der Waals surface area contributed by atoms with Gasteiger partial charge in [-0.15, -0.1) is 0 Å². The number of halogens is 2. The van der Waals surface area contributed by atoms with E-state index in [0.29, 0.717) is 17.1 Å². The first-order valence-electron chi connectivity index (χ1n) is 5.96. The van der Waals surface area contributed by atoms with Crippen LogP contribution in [0.25, 0.3) is 0 Å². The monoisotopic (exact) mass is 401 g/mol. The standard InChI is InChI=1S/C15H13ClINO2/c1-20-12-5-2-10(3-6-12)9-18-15(19)11-4-7-13(16)14(17)8-11/h2-8H,9H2,1H3,(H,18,19). The molecule has 0 radical (unpaired) electrons. The number of carbonyl (C=O) groups excluding carboxylic acids is 1. The lowest BCUT2D eigenvalue weighted by Gasteiger charge is -2.07. The summed E-state index contributed by atoms with van der Waals surface area (Å²) in [6.07, 6.45) is 0. The van der Waals surface area contributed by atoms with Gasteiger partial charge in [0.25, 0.3) is 5.91 Å². The van der Waals surface area contributed by atoms with E-state index in [1.165, 1.54) is 0 Å². The highest BCUT2D eigenvalue weighted by molar-refractivity contribution is 14.1. The molecule has 2 aromatic rings. The summed E-state index contributed by atoms with van der Waals surface area (Å²) >= 11 is 8.04. The van der Waals surface area contributed by atoms with Gasteiger partial charge in [-0.05, 0) is 58.5 Å². The number of hydrogen-bond acceptors (Lipinski definition) is 2. The van der Waals surface area contributed by atoms with Gasteiger partial charge in [0.1, 0.15) is 5.75 Å². The molecule has 0 saturated heterocycles. The van der Waals surface area contributed by atoms with Crippen molar-refractivity contribution in [1.82, 2.24) is 5.32 Å². The second-order valence-corrected chi connectivity index (χ2v) is 5.73. The minimum Gasteiger partial charge on any atom is -0.497 e. The highest BCUT2D eigenvalue weighted by atomic mass is 127. The van der Waals surface area contributed by atoms with Crippen LogP contribution in [0.5, 0.6) is 5.75 Å². The molecule has 0 aliphatic carbocycles. The number of carbonyl (C=O) groups is 1. The smallest absolute Gasteiger partial charge is 0.251 e. The number of amides is 1. The van der Waals surface area contributed by atoms with Gasteiger partial charge < -0.3 is 10.1 Å². The number of benzene rings is 2. The Bertz CT molecular complexity index is 614. The van der Waals surface area contributed by atoms with Crippen LogP contribution in [0.4, 0.5) is 0 Å². The highest BCUT2D eigenvalue weighted by Crippen LogP contribution is 2.19. The van der Waals surface area contributed by atoms with Crippen molar-refractivity contribution in [3.63, 3.8) is 0 Å². The molecule has 20 heavy (non-hydrogen) atoms. The van der Waals surface area contributed by atoms with Crippen molar-refractivity contribution in [2.75, 3.05) is 7.11 Å². The average Bonchev–Trinajstić information content (AvgIpc) is 2.48. The molecule has 0 spiro atoms. The van der Waals surface area contributed by atoms with Gasteiger partial charge in [-0.3, -0.25) is 4.79 Å². The maximum atomic E-state index is 12.0. The zero-order valence-electron chi connectivity index (χ0n) is 10.8. The lowest BCUT2D eigenvalue weighted by atomic mass is 10.2. The van der Waals surface area contributed by atoms with Gasteiger partial charge in [0.05, 0.1) is 12.1 Å². The Hall–Kier alpha value is -1.27. The summed E-state index contributed by atoms with van der Waals surface area (Å²) in [5.41, 5.74) is 1.62. The molecule has 0 fully saturated rings. The van der Waals surface area contributed by atoms with Gasteiger partial charge in [-0.1, -0.05) is 23.7 Å². The lowest BCUT2D eigenvalue weighted by Crippen LogP contribution is -2.22. The summed E-state index contributed by atoms with van der Waals surface area (Å²) in [5, 5.41) is 3.52. The van der Waals surface area contributed by atoms with E-state index >= 15 is 0 Å². The zero-order chi connectivity index (χ0) is 14.5. The van der Waals surface area contributed by atoms with Gasteiger partial charge in [0, 0.05) is 15.7 Å². The van der Waals surface area contributed by atoms with E-state index in [2.05, 4.69) is 27.9 Å². The summed E-state index contributed by atoms with van der Waals surface area (Å²) < 4.78 is 5.95. The maximum absolute atomic E-state index is 12.0. The number of methoxy groups -OCH3 is 1. The minimum atomic E-state index is -0.115. The lowest BCUT2D eigenvalue weighted by molar-refractivity contribution is 0.0951. The Morgan fingerprint density at radius 1 is 1.25 bits per heavy atom. The van der Waals surface area contributed by atoms with Gasteiger partial charge in [-0.2, -0.15) is 0 Å². The first-order valence-corrected chi connectivity index (χ1v) is 7.42. The van der Waals surface area contributed by atoms with E-state index in [-0.39, 0.29) is 5.91 Å². The van der Waals surface area contributed by atoms with Crippen LogP contribution in [0.15, 0.2) is 42.5 Å². The Balaban J connectivity index is 1.98. The Morgan fingerprint density at radius 2 is 1.95 bits per heavy atom. The van der Waals surface area contributed by atoms with E-state index in [0.717, 1.165) is 14.9 Å². The van der Waals surface area contributed by atoms with E-state index in [1.807, 2.05) is 24.3 Å². The second kappa shape index (κ2) is 6.95. The molecular weight excluding hydrogens is 389 g/mol. The van der Waals surface area contributed by atoms with Crippen molar-refractivity contribution in [3.05, 3.63) is 62.2 Å². The second-order valence-electron chi connectivity index (χ2n) is 4.16. The van der Waals surface area contributed by atoms with E-state index in [4.69, 9.17) is 16.3 Å². The molecule has 1 amide bonds. The van der Waals surface area contributed by atoms with Crippen LogP contribution in [0.3, 0.4) is 0 Å². The summed E-state index contributed by atoms with van der Waals surface area (Å²) in [5.74, 6) is 0.683. The van der Waals surface area contributed by atoms with E-state index in [1.54, 1.807) is 25.3 Å². The predicted octanol–water partition coefficient (Wildman–Crippen LogP) is 3.88. The van der Waals surface area contributed by atoms with Crippen molar-refractivity contribution in [2.45, 2.75) is 6.54 Å². The fraction of sp³-hybridized carbons (Fsp3) is 0.133. The summed E-state index contributed by atoms with van der Waals surface area (Å²) in [6, 6.07) is 12.8. The molecule has 0 bridgehead atoms. The van der Waals surface area contributed by atoms with Gasteiger partial charge >= 0.3 is 0 Å². The largest absolute Gasteiger partial charge is 0.497 e. The average molecular weight is 402 g/mol. The zero-order valence-corrected chi connectivity index (χ0v) is 13.7. The van der Waals surface area contributed by atoms with Crippen molar-refractivity contribution in [2.24, 2.45) is 0 Å². The molecule has 0 aliphatic rings. The highest BCUT2D eigenvalue weighted by Gasteiger charge is 2.07. The first-order chi connectivity index (χ1) is 9.60. The topological polar surface area (TPSA) is 38.3 Å².